The van der Waals surface area contributed by atoms with E-state index in [1.807, 2.05) is 4.90 Å². The van der Waals surface area contributed by atoms with Crippen LogP contribution in [0.4, 0.5) is 4.79 Å². The van der Waals surface area contributed by atoms with Gasteiger partial charge in [-0.25, -0.2) is 4.79 Å². The molecule has 0 radical (unpaired) electrons. The Morgan fingerprint density at radius 3 is 2.47 bits per heavy atom. The van der Waals surface area contributed by atoms with Gasteiger partial charge in [0.1, 0.15) is 11.5 Å². The van der Waals surface area contributed by atoms with Gasteiger partial charge in [0.2, 0.25) is 0 Å². The van der Waals surface area contributed by atoms with Gasteiger partial charge in [0.25, 0.3) is 0 Å². The molecule has 5 fully saturated rings. The van der Waals surface area contributed by atoms with Gasteiger partial charge >= 0.3 is 6.09 Å². The van der Waals surface area contributed by atoms with E-state index in [9.17, 15) is 15.3 Å². The summed E-state index contributed by atoms with van der Waals surface area (Å²) in [6, 6.07) is 4.40. The molecular formula is C28H40N4O4. The number of rotatable bonds is 7. The molecule has 8 nitrogen and oxygen atoms in total. The highest BCUT2D eigenvalue weighted by atomic mass is 16.6. The van der Waals surface area contributed by atoms with Gasteiger partial charge in [-0.2, -0.15) is 10.5 Å². The number of allylic oxidation sites excluding steroid dienone is 1. The molecule has 1 aliphatic carbocycles. The second-order valence-electron chi connectivity index (χ2n) is 12.2. The third-order valence-corrected chi connectivity index (χ3v) is 9.42. The molecule has 5 atom stereocenters. The van der Waals surface area contributed by atoms with Crippen LogP contribution < -0.4 is 0 Å². The SMILES string of the molecule is CC(C)=CC[C@H]1O[C@]1(C)C1CC(OC(=O)N2CC(CCN3CCC(C#N)(C#N)CC3)C2)CCC12CO2. The number of carbonyl (C=O) groups excluding carboxylic acids is 1. The van der Waals surface area contributed by atoms with Crippen LogP contribution in [0.3, 0.4) is 0 Å². The van der Waals surface area contributed by atoms with E-state index in [4.69, 9.17) is 14.2 Å². The Balaban J connectivity index is 1.04. The number of likely N-dealkylation sites (tertiary alicyclic amines) is 2. The van der Waals surface area contributed by atoms with E-state index in [0.717, 1.165) is 71.4 Å². The second kappa shape index (κ2) is 9.63. The topological polar surface area (TPSA) is 105 Å². The van der Waals surface area contributed by atoms with Gasteiger partial charge in [0.05, 0.1) is 36.1 Å². The van der Waals surface area contributed by atoms with Gasteiger partial charge in [-0.15, -0.1) is 0 Å². The molecule has 5 aliphatic rings. The maximum absolute atomic E-state index is 12.8. The number of hydrogen-bond acceptors (Lipinski definition) is 7. The minimum Gasteiger partial charge on any atom is -0.446 e. The lowest BCUT2D eigenvalue weighted by atomic mass is 9.70. The van der Waals surface area contributed by atoms with Crippen molar-refractivity contribution in [3.63, 3.8) is 0 Å². The van der Waals surface area contributed by atoms with Gasteiger partial charge in [0.15, 0.2) is 0 Å². The zero-order chi connectivity index (χ0) is 25.6. The van der Waals surface area contributed by atoms with Crippen LogP contribution in [0.1, 0.15) is 65.7 Å². The highest BCUT2D eigenvalue weighted by Gasteiger charge is 2.68. The number of nitriles is 2. The molecule has 0 aromatic carbocycles. The normalized spacial score (nSPS) is 37.4. The Morgan fingerprint density at radius 1 is 1.17 bits per heavy atom. The molecule has 4 heterocycles. The first-order chi connectivity index (χ1) is 17.2. The van der Waals surface area contributed by atoms with Crippen LogP contribution in [0.15, 0.2) is 11.6 Å². The van der Waals surface area contributed by atoms with Crippen molar-refractivity contribution in [2.75, 3.05) is 39.3 Å². The minimum absolute atomic E-state index is 0.0737. The fourth-order valence-electron chi connectivity index (χ4n) is 6.57. The molecule has 1 amide bonds. The number of nitrogens with zero attached hydrogens (tertiary/aromatic N) is 4. The Labute approximate surface area is 215 Å². The molecule has 36 heavy (non-hydrogen) atoms. The predicted octanol–water partition coefficient (Wildman–Crippen LogP) is 4.03. The lowest BCUT2D eigenvalue weighted by Gasteiger charge is -2.42. The molecule has 3 unspecified atom stereocenters. The largest absolute Gasteiger partial charge is 0.446 e. The van der Waals surface area contributed by atoms with Gasteiger partial charge in [-0.05, 0) is 78.2 Å². The van der Waals surface area contributed by atoms with E-state index in [0.29, 0.717) is 18.8 Å². The van der Waals surface area contributed by atoms with Crippen LogP contribution in [0.5, 0.6) is 0 Å². The fourth-order valence-corrected chi connectivity index (χ4v) is 6.57. The summed E-state index contributed by atoms with van der Waals surface area (Å²) >= 11 is 0. The molecule has 8 heteroatoms. The molecule has 1 spiro atoms. The lowest BCUT2D eigenvalue weighted by molar-refractivity contribution is -0.0234. The van der Waals surface area contributed by atoms with Crippen molar-refractivity contribution >= 4 is 6.09 Å². The van der Waals surface area contributed by atoms with Gasteiger partial charge in [0, 0.05) is 32.1 Å². The first-order valence-corrected chi connectivity index (χ1v) is 13.7. The summed E-state index contributed by atoms with van der Waals surface area (Å²) < 4.78 is 18.1. The number of ether oxygens (including phenoxy) is 3. The highest BCUT2D eigenvalue weighted by molar-refractivity contribution is 5.68. The lowest BCUT2D eigenvalue weighted by Crippen LogP contribution is -2.53. The molecule has 0 aromatic rings. The van der Waals surface area contributed by atoms with Gasteiger partial charge < -0.3 is 24.0 Å². The number of epoxide rings is 2. The zero-order valence-electron chi connectivity index (χ0n) is 22.0. The van der Waals surface area contributed by atoms with E-state index < -0.39 is 5.41 Å². The van der Waals surface area contributed by atoms with Gasteiger partial charge in [-0.3, -0.25) is 0 Å². The zero-order valence-corrected chi connectivity index (χ0v) is 22.0. The standard InChI is InChI=1S/C28H40N4O4/c1-20(2)4-5-24-26(3,36-24)23-14-22(6-8-28(23)19-34-28)35-25(33)32-15-21(16-32)7-11-31-12-9-27(17-29,18-30)10-13-31/h4,21-24H,5-16,19H2,1-3H3/t22?,23?,24-,26-,28?/m1/s1. The molecule has 0 bridgehead atoms. The van der Waals surface area contributed by atoms with E-state index in [1.54, 1.807) is 0 Å². The first-order valence-electron chi connectivity index (χ1n) is 13.7. The summed E-state index contributed by atoms with van der Waals surface area (Å²) in [7, 11) is 0. The molecule has 1 saturated carbocycles. The quantitative estimate of drug-likeness (QED) is 0.387. The number of hydrogen-bond donors (Lipinski definition) is 0. The molecule has 4 aliphatic heterocycles. The molecular weight excluding hydrogens is 456 g/mol. The minimum atomic E-state index is -0.799. The Kier molecular flexibility index (Phi) is 6.83. The van der Waals surface area contributed by atoms with Crippen LogP contribution in [0.25, 0.3) is 0 Å². The third kappa shape index (κ3) is 5.01. The maximum atomic E-state index is 12.8. The molecule has 5 rings (SSSR count). The summed E-state index contributed by atoms with van der Waals surface area (Å²) in [6.07, 6.45) is 8.02. The second-order valence-corrected chi connectivity index (χ2v) is 12.2. The average molecular weight is 497 g/mol. The van der Waals surface area contributed by atoms with Crippen molar-refractivity contribution in [3.05, 3.63) is 11.6 Å². The molecule has 0 N–H and O–H groups in total. The smallest absolute Gasteiger partial charge is 0.410 e. The van der Waals surface area contributed by atoms with Crippen molar-refractivity contribution in [1.82, 2.24) is 9.80 Å². The Hall–Kier alpha value is -2.13. The number of amides is 1. The number of piperidine rings is 1. The van der Waals surface area contributed by atoms with Gasteiger partial charge in [-0.1, -0.05) is 11.6 Å². The van der Waals surface area contributed by atoms with Crippen molar-refractivity contribution in [2.45, 2.75) is 89.1 Å². The summed E-state index contributed by atoms with van der Waals surface area (Å²) in [4.78, 5) is 17.0. The van der Waals surface area contributed by atoms with Crippen molar-refractivity contribution in [1.29, 1.82) is 10.5 Å². The van der Waals surface area contributed by atoms with Crippen molar-refractivity contribution in [2.24, 2.45) is 17.3 Å². The number of carbonyl (C=O) groups is 1. The monoisotopic (exact) mass is 496 g/mol. The molecule has 0 aromatic heterocycles. The van der Waals surface area contributed by atoms with Crippen LogP contribution >= 0.6 is 0 Å². The average Bonchev–Trinajstić information content (AvgIpc) is 3.76. The van der Waals surface area contributed by atoms with Crippen molar-refractivity contribution < 1.29 is 19.0 Å². The Morgan fingerprint density at radius 2 is 1.86 bits per heavy atom. The predicted molar refractivity (Wildman–Crippen MR) is 133 cm³/mol. The molecule has 196 valence electrons. The van der Waals surface area contributed by atoms with E-state index in [-0.39, 0.29) is 35.4 Å². The van der Waals surface area contributed by atoms with Crippen LogP contribution in [-0.2, 0) is 14.2 Å². The summed E-state index contributed by atoms with van der Waals surface area (Å²) in [5, 5.41) is 18.5. The van der Waals surface area contributed by atoms with E-state index in [2.05, 4.69) is 43.9 Å². The van der Waals surface area contributed by atoms with Crippen LogP contribution in [-0.4, -0.2) is 78.6 Å². The van der Waals surface area contributed by atoms with E-state index in [1.165, 1.54) is 5.57 Å². The van der Waals surface area contributed by atoms with Crippen LogP contribution in [0.2, 0.25) is 0 Å². The van der Waals surface area contributed by atoms with Crippen molar-refractivity contribution in [3.8, 4) is 12.1 Å². The third-order valence-electron chi connectivity index (χ3n) is 9.42. The van der Waals surface area contributed by atoms with E-state index >= 15 is 0 Å². The summed E-state index contributed by atoms with van der Waals surface area (Å²) in [5.74, 6) is 0.759. The highest BCUT2D eigenvalue weighted by Crippen LogP contribution is 2.59. The van der Waals surface area contributed by atoms with Crippen LogP contribution in [0, 0.1) is 39.9 Å². The fraction of sp³-hybridized carbons (Fsp3) is 0.821. The maximum Gasteiger partial charge on any atom is 0.410 e. The Bertz CT molecular complexity index is 945. The summed E-state index contributed by atoms with van der Waals surface area (Å²) in [6.45, 7) is 11.3. The molecule has 4 saturated heterocycles. The first kappa shape index (κ1) is 25.5. The summed E-state index contributed by atoms with van der Waals surface area (Å²) in [5.41, 5.74) is 0.245.